The van der Waals surface area contributed by atoms with Crippen LogP contribution in [0.3, 0.4) is 0 Å². The molecule has 1 aromatic carbocycles. The molecule has 1 unspecified atom stereocenters. The van der Waals surface area contributed by atoms with Crippen LogP contribution in [0, 0.1) is 0 Å². The molecule has 0 aromatic heterocycles. The molecule has 2 N–H and O–H groups in total. The van der Waals surface area contributed by atoms with Crippen LogP contribution in [0.25, 0.3) is 0 Å². The molecule has 0 saturated carbocycles. The highest BCUT2D eigenvalue weighted by Gasteiger charge is 2.18. The average molecular weight is 266 g/mol. The van der Waals surface area contributed by atoms with Gasteiger partial charge in [0.05, 0.1) is 12.2 Å². The Hall–Kier alpha value is -1.39. The topological polar surface area (TPSA) is 66.8 Å². The summed E-state index contributed by atoms with van der Waals surface area (Å²) in [6, 6.07) is 7.12. The number of aliphatic hydroxyl groups is 2. The first kappa shape index (κ1) is 15.7. The summed E-state index contributed by atoms with van der Waals surface area (Å²) >= 11 is 0. The van der Waals surface area contributed by atoms with Crippen molar-refractivity contribution < 1.29 is 19.7 Å². The number of carbonyl (C=O) groups is 1. The Bertz CT molecular complexity index is 403. The molecule has 0 radical (unpaired) electrons. The van der Waals surface area contributed by atoms with Gasteiger partial charge in [-0.05, 0) is 44.7 Å². The van der Waals surface area contributed by atoms with Crippen molar-refractivity contribution in [1.82, 2.24) is 0 Å². The molecule has 106 valence electrons. The van der Waals surface area contributed by atoms with Crippen LogP contribution in [0.1, 0.15) is 44.4 Å². The second kappa shape index (κ2) is 6.68. The van der Waals surface area contributed by atoms with Gasteiger partial charge in [-0.15, -0.1) is 0 Å². The highest BCUT2D eigenvalue weighted by molar-refractivity contribution is 5.76. The summed E-state index contributed by atoms with van der Waals surface area (Å²) in [4.78, 5) is 11.4. The predicted octanol–water partition coefficient (Wildman–Crippen LogP) is 1.99. The van der Waals surface area contributed by atoms with Crippen molar-refractivity contribution in [2.75, 3.05) is 6.61 Å². The Labute approximate surface area is 114 Å². The minimum Gasteiger partial charge on any atom is -0.464 e. The third-order valence-electron chi connectivity index (χ3n) is 2.83. The summed E-state index contributed by atoms with van der Waals surface area (Å²) in [7, 11) is 0. The largest absolute Gasteiger partial charge is 0.464 e. The summed E-state index contributed by atoms with van der Waals surface area (Å²) in [5.74, 6) is -0.633. The molecular formula is C15H22O4. The van der Waals surface area contributed by atoms with E-state index in [2.05, 4.69) is 0 Å². The molecule has 0 amide bonds. The number of aryl methyl sites for hydroxylation is 1. The Morgan fingerprint density at radius 3 is 2.37 bits per heavy atom. The lowest BCUT2D eigenvalue weighted by molar-refractivity contribution is -0.153. The monoisotopic (exact) mass is 266 g/mol. The predicted molar refractivity (Wildman–Crippen MR) is 72.7 cm³/mol. The third-order valence-corrected chi connectivity index (χ3v) is 2.83. The number of hydrogen-bond acceptors (Lipinski definition) is 4. The van der Waals surface area contributed by atoms with Crippen LogP contribution in [-0.4, -0.2) is 28.4 Å². The van der Waals surface area contributed by atoms with E-state index in [0.29, 0.717) is 12.0 Å². The summed E-state index contributed by atoms with van der Waals surface area (Å²) < 4.78 is 4.76. The molecule has 4 heteroatoms. The van der Waals surface area contributed by atoms with Crippen molar-refractivity contribution in [3.05, 3.63) is 35.4 Å². The molecule has 0 bridgehead atoms. The van der Waals surface area contributed by atoms with Crippen LogP contribution < -0.4 is 0 Å². The molecule has 0 saturated heterocycles. The van der Waals surface area contributed by atoms with Gasteiger partial charge in [0.25, 0.3) is 0 Å². The van der Waals surface area contributed by atoms with E-state index in [1.165, 1.54) is 0 Å². The number of hydrogen-bond donors (Lipinski definition) is 2. The van der Waals surface area contributed by atoms with Crippen LogP contribution in [0.5, 0.6) is 0 Å². The molecular weight excluding hydrogens is 244 g/mol. The Morgan fingerprint density at radius 1 is 1.32 bits per heavy atom. The van der Waals surface area contributed by atoms with Gasteiger partial charge < -0.3 is 14.9 Å². The molecule has 0 aliphatic carbocycles. The maximum absolute atomic E-state index is 11.4. The number of carbonyl (C=O) groups excluding carboxylic acids is 1. The number of aliphatic hydroxyl groups excluding tert-OH is 1. The number of esters is 1. The highest BCUT2D eigenvalue weighted by Crippen LogP contribution is 2.18. The van der Waals surface area contributed by atoms with Crippen LogP contribution in [0.2, 0.25) is 0 Å². The van der Waals surface area contributed by atoms with E-state index in [1.54, 1.807) is 32.9 Å². The molecule has 1 atom stereocenters. The lowest BCUT2D eigenvalue weighted by Crippen LogP contribution is -2.19. The van der Waals surface area contributed by atoms with Crippen LogP contribution >= 0.6 is 0 Å². The first-order valence-corrected chi connectivity index (χ1v) is 6.49. The maximum atomic E-state index is 11.4. The Morgan fingerprint density at radius 2 is 1.89 bits per heavy atom. The fourth-order valence-electron chi connectivity index (χ4n) is 1.67. The molecule has 0 fully saturated rings. The van der Waals surface area contributed by atoms with E-state index < -0.39 is 17.7 Å². The Balaban J connectivity index is 2.63. The van der Waals surface area contributed by atoms with Gasteiger partial charge >= 0.3 is 5.97 Å². The first-order chi connectivity index (χ1) is 8.83. The highest BCUT2D eigenvalue weighted by atomic mass is 16.5. The quantitative estimate of drug-likeness (QED) is 0.773. The van der Waals surface area contributed by atoms with Crippen molar-refractivity contribution >= 4 is 5.97 Å². The number of benzene rings is 1. The van der Waals surface area contributed by atoms with Gasteiger partial charge in [0.1, 0.15) is 0 Å². The van der Waals surface area contributed by atoms with Crippen molar-refractivity contribution in [2.24, 2.45) is 0 Å². The van der Waals surface area contributed by atoms with Gasteiger partial charge in [0.15, 0.2) is 6.10 Å². The smallest absolute Gasteiger partial charge is 0.339 e. The zero-order valence-electron chi connectivity index (χ0n) is 11.7. The van der Waals surface area contributed by atoms with Gasteiger partial charge in [-0.25, -0.2) is 4.79 Å². The van der Waals surface area contributed by atoms with Gasteiger partial charge in [0.2, 0.25) is 0 Å². The second-order valence-corrected chi connectivity index (χ2v) is 5.21. The molecule has 1 aromatic rings. The van der Waals surface area contributed by atoms with E-state index in [4.69, 9.17) is 4.74 Å². The van der Waals surface area contributed by atoms with E-state index in [9.17, 15) is 15.0 Å². The fraction of sp³-hybridized carbons (Fsp3) is 0.533. The SMILES string of the molecule is CCOC(=O)C(O)c1ccc(CCC(C)(C)O)cc1. The molecule has 0 aliphatic heterocycles. The van der Waals surface area contributed by atoms with Crippen molar-refractivity contribution in [1.29, 1.82) is 0 Å². The minimum absolute atomic E-state index is 0.250. The fourth-order valence-corrected chi connectivity index (χ4v) is 1.67. The van der Waals surface area contributed by atoms with Crippen molar-refractivity contribution in [3.63, 3.8) is 0 Å². The second-order valence-electron chi connectivity index (χ2n) is 5.21. The average Bonchev–Trinajstić information content (AvgIpc) is 2.35. The van der Waals surface area contributed by atoms with E-state index >= 15 is 0 Å². The molecule has 19 heavy (non-hydrogen) atoms. The standard InChI is InChI=1S/C15H22O4/c1-4-19-14(17)13(16)12-7-5-11(6-8-12)9-10-15(2,3)18/h5-8,13,16,18H,4,9-10H2,1-3H3. The first-order valence-electron chi connectivity index (χ1n) is 6.49. The van der Waals surface area contributed by atoms with Crippen LogP contribution in [0.15, 0.2) is 24.3 Å². The summed E-state index contributed by atoms with van der Waals surface area (Å²) in [6.07, 6.45) is 0.176. The molecule has 1 rings (SSSR count). The van der Waals surface area contributed by atoms with Crippen LogP contribution in [-0.2, 0) is 16.0 Å². The van der Waals surface area contributed by atoms with Crippen molar-refractivity contribution in [2.45, 2.75) is 45.3 Å². The molecule has 0 heterocycles. The van der Waals surface area contributed by atoms with Gasteiger partial charge in [-0.1, -0.05) is 24.3 Å². The summed E-state index contributed by atoms with van der Waals surface area (Å²) in [5, 5.41) is 19.4. The zero-order chi connectivity index (χ0) is 14.5. The molecule has 4 nitrogen and oxygen atoms in total. The van der Waals surface area contributed by atoms with E-state index in [-0.39, 0.29) is 6.61 Å². The lowest BCUT2D eigenvalue weighted by Gasteiger charge is -2.17. The molecule has 0 aliphatic rings. The van der Waals surface area contributed by atoms with Gasteiger partial charge in [-0.3, -0.25) is 0 Å². The van der Waals surface area contributed by atoms with Gasteiger partial charge in [0, 0.05) is 0 Å². The normalized spacial score (nSPS) is 13.1. The van der Waals surface area contributed by atoms with Gasteiger partial charge in [-0.2, -0.15) is 0 Å². The van der Waals surface area contributed by atoms with E-state index in [0.717, 1.165) is 12.0 Å². The van der Waals surface area contributed by atoms with Crippen molar-refractivity contribution in [3.8, 4) is 0 Å². The third kappa shape index (κ3) is 5.41. The minimum atomic E-state index is -1.23. The zero-order valence-corrected chi connectivity index (χ0v) is 11.7. The molecule has 0 spiro atoms. The van der Waals surface area contributed by atoms with Crippen LogP contribution in [0.4, 0.5) is 0 Å². The number of rotatable bonds is 6. The van der Waals surface area contributed by atoms with E-state index in [1.807, 2.05) is 12.1 Å². The Kier molecular flexibility index (Phi) is 5.51. The lowest BCUT2D eigenvalue weighted by atomic mass is 9.97. The number of ether oxygens (including phenoxy) is 1. The summed E-state index contributed by atoms with van der Waals surface area (Å²) in [5.41, 5.74) is 0.885. The maximum Gasteiger partial charge on any atom is 0.339 e. The summed E-state index contributed by atoms with van der Waals surface area (Å²) in [6.45, 7) is 5.49.